The van der Waals surface area contributed by atoms with E-state index in [2.05, 4.69) is 10.5 Å². The third-order valence-electron chi connectivity index (χ3n) is 3.91. The number of nitrogens with two attached hydrogens (primary N) is 1. The molecule has 0 aliphatic carbocycles. The van der Waals surface area contributed by atoms with E-state index in [9.17, 15) is 14.9 Å². The highest BCUT2D eigenvalue weighted by Gasteiger charge is 2.22. The molecule has 0 saturated carbocycles. The Morgan fingerprint density at radius 2 is 2.04 bits per heavy atom. The predicted molar refractivity (Wildman–Crippen MR) is 101 cm³/mol. The zero-order valence-electron chi connectivity index (χ0n) is 15.8. The van der Waals surface area contributed by atoms with Crippen LogP contribution in [0.25, 0.3) is 0 Å². The minimum atomic E-state index is -0.539. The van der Waals surface area contributed by atoms with Gasteiger partial charge in [0, 0.05) is 19.5 Å². The van der Waals surface area contributed by atoms with Crippen LogP contribution in [0.2, 0.25) is 0 Å². The molecule has 0 aromatic heterocycles. The van der Waals surface area contributed by atoms with Crippen molar-refractivity contribution in [3.8, 4) is 11.5 Å². The average molecular weight is 395 g/mol. The van der Waals surface area contributed by atoms with Crippen LogP contribution in [0, 0.1) is 10.1 Å². The molecule has 2 aliphatic heterocycles. The van der Waals surface area contributed by atoms with Crippen molar-refractivity contribution >= 4 is 17.8 Å². The first kappa shape index (κ1) is 21.5. The molecule has 0 atom stereocenters. The lowest BCUT2D eigenvalue weighted by Gasteiger charge is -2.20. The number of hydrazine groups is 1. The molecule has 0 unspecified atom stereocenters. The number of ether oxygens (including phenoxy) is 3. The summed E-state index contributed by atoms with van der Waals surface area (Å²) in [6.07, 6.45) is 3.28. The summed E-state index contributed by atoms with van der Waals surface area (Å²) in [5.41, 5.74) is 2.41. The highest BCUT2D eigenvalue weighted by molar-refractivity contribution is 5.88. The molecule has 1 aromatic rings. The van der Waals surface area contributed by atoms with Crippen molar-refractivity contribution in [3.05, 3.63) is 27.8 Å². The number of carbonyl (C=O) groups excluding carboxylic acids is 1. The number of carbonyl (C=O) groups is 1. The van der Waals surface area contributed by atoms with Crippen molar-refractivity contribution in [2.75, 3.05) is 33.1 Å². The second-order valence-corrected chi connectivity index (χ2v) is 6.07. The SMILES string of the molecule is CCCCC(=O)N/N=C/c1cc2c(cc1[N+](=O)[O-])OCO2.NN1CCOCC1. The number of nitro benzene ring substituents is 1. The van der Waals surface area contributed by atoms with E-state index in [-0.39, 0.29) is 24.0 Å². The van der Waals surface area contributed by atoms with Crippen LogP contribution in [0.1, 0.15) is 31.7 Å². The lowest BCUT2D eigenvalue weighted by Crippen LogP contribution is -2.41. The Hall–Kier alpha value is -2.76. The molecule has 3 N–H and O–H groups in total. The maximum Gasteiger partial charge on any atom is 0.282 e. The van der Waals surface area contributed by atoms with Gasteiger partial charge < -0.3 is 14.2 Å². The van der Waals surface area contributed by atoms with Gasteiger partial charge in [-0.3, -0.25) is 20.8 Å². The van der Waals surface area contributed by atoms with E-state index in [0.29, 0.717) is 17.9 Å². The van der Waals surface area contributed by atoms with Gasteiger partial charge in [-0.2, -0.15) is 5.10 Å². The van der Waals surface area contributed by atoms with Crippen LogP contribution >= 0.6 is 0 Å². The first-order chi connectivity index (χ1) is 13.5. The molecule has 3 rings (SSSR count). The zero-order valence-corrected chi connectivity index (χ0v) is 15.8. The molecule has 1 saturated heterocycles. The Morgan fingerprint density at radius 1 is 1.36 bits per heavy atom. The standard InChI is InChI=1S/C13H15N3O5.C4H10N2O/c1-2-3-4-13(17)15-14-7-9-5-11-12(21-8-20-11)6-10(9)16(18)19;5-6-1-3-7-4-2-6/h5-7H,2-4,8H2,1H3,(H,15,17);1-5H2/b14-7+;. The topological polar surface area (TPSA) is 142 Å². The molecule has 2 heterocycles. The summed E-state index contributed by atoms with van der Waals surface area (Å²) in [6, 6.07) is 2.74. The van der Waals surface area contributed by atoms with E-state index < -0.39 is 4.92 Å². The summed E-state index contributed by atoms with van der Waals surface area (Å²) in [4.78, 5) is 21.9. The van der Waals surface area contributed by atoms with Crippen LogP contribution in [0.5, 0.6) is 11.5 Å². The van der Waals surface area contributed by atoms with E-state index in [1.165, 1.54) is 18.3 Å². The molecule has 11 nitrogen and oxygen atoms in total. The number of hydrogen-bond donors (Lipinski definition) is 2. The number of hydrogen-bond acceptors (Lipinski definition) is 9. The van der Waals surface area contributed by atoms with Crippen LogP contribution in [0.4, 0.5) is 5.69 Å². The van der Waals surface area contributed by atoms with Gasteiger partial charge in [-0.15, -0.1) is 0 Å². The van der Waals surface area contributed by atoms with E-state index >= 15 is 0 Å². The summed E-state index contributed by atoms with van der Waals surface area (Å²) in [5, 5.41) is 16.5. The number of unbranched alkanes of at least 4 members (excludes halogenated alkanes) is 1. The summed E-state index contributed by atoms with van der Waals surface area (Å²) in [7, 11) is 0. The number of hydrazone groups is 1. The largest absolute Gasteiger partial charge is 0.454 e. The van der Waals surface area contributed by atoms with Gasteiger partial charge in [0.1, 0.15) is 0 Å². The van der Waals surface area contributed by atoms with Gasteiger partial charge in [0.2, 0.25) is 12.7 Å². The van der Waals surface area contributed by atoms with Crippen molar-refractivity contribution in [3.63, 3.8) is 0 Å². The van der Waals surface area contributed by atoms with Crippen molar-refractivity contribution in [1.29, 1.82) is 0 Å². The van der Waals surface area contributed by atoms with Gasteiger partial charge in [-0.25, -0.2) is 10.4 Å². The first-order valence-electron chi connectivity index (χ1n) is 8.98. The Kier molecular flexibility index (Phi) is 8.59. The number of rotatable bonds is 6. The minimum absolute atomic E-state index is 0.0286. The van der Waals surface area contributed by atoms with E-state index in [1.807, 2.05) is 6.92 Å². The van der Waals surface area contributed by atoms with Crippen molar-refractivity contribution in [2.45, 2.75) is 26.2 Å². The minimum Gasteiger partial charge on any atom is -0.454 e. The van der Waals surface area contributed by atoms with E-state index in [0.717, 1.165) is 39.1 Å². The Balaban J connectivity index is 0.000000336. The van der Waals surface area contributed by atoms with Gasteiger partial charge in [-0.1, -0.05) is 13.3 Å². The quantitative estimate of drug-likeness (QED) is 0.316. The number of fused-ring (bicyclic) bond motifs is 1. The van der Waals surface area contributed by atoms with E-state index in [4.69, 9.17) is 20.1 Å². The van der Waals surface area contributed by atoms with Gasteiger partial charge >= 0.3 is 0 Å². The second kappa shape index (κ2) is 11.2. The average Bonchev–Trinajstić information content (AvgIpc) is 3.14. The predicted octanol–water partition coefficient (Wildman–Crippen LogP) is 1.16. The van der Waals surface area contributed by atoms with Crippen LogP contribution < -0.4 is 20.7 Å². The third kappa shape index (κ3) is 6.76. The van der Waals surface area contributed by atoms with E-state index in [1.54, 1.807) is 5.01 Å². The maximum absolute atomic E-state index is 11.4. The molecular formula is C17H25N5O6. The van der Waals surface area contributed by atoms with Gasteiger partial charge in [0.05, 0.1) is 36.0 Å². The summed E-state index contributed by atoms with van der Waals surface area (Å²) in [5.74, 6) is 5.90. The Labute approximate surface area is 162 Å². The lowest BCUT2D eigenvalue weighted by atomic mass is 10.1. The first-order valence-corrected chi connectivity index (χ1v) is 8.98. The van der Waals surface area contributed by atoms with Gasteiger partial charge in [0.25, 0.3) is 5.69 Å². The molecule has 0 radical (unpaired) electrons. The second-order valence-electron chi connectivity index (χ2n) is 6.07. The zero-order chi connectivity index (χ0) is 20.4. The smallest absolute Gasteiger partial charge is 0.282 e. The van der Waals surface area contributed by atoms with Crippen molar-refractivity contribution in [1.82, 2.24) is 10.4 Å². The highest BCUT2D eigenvalue weighted by Crippen LogP contribution is 2.37. The molecule has 11 heteroatoms. The van der Waals surface area contributed by atoms with Crippen LogP contribution in [-0.2, 0) is 9.53 Å². The maximum atomic E-state index is 11.4. The fourth-order valence-corrected chi connectivity index (χ4v) is 2.35. The van der Waals surface area contributed by atoms with Crippen molar-refractivity contribution in [2.24, 2.45) is 10.9 Å². The third-order valence-corrected chi connectivity index (χ3v) is 3.91. The lowest BCUT2D eigenvalue weighted by molar-refractivity contribution is -0.385. The molecule has 28 heavy (non-hydrogen) atoms. The number of nitrogens with one attached hydrogen (secondary N) is 1. The monoisotopic (exact) mass is 395 g/mol. The normalized spacial score (nSPS) is 15.8. The number of amides is 1. The van der Waals surface area contributed by atoms with Gasteiger partial charge in [-0.05, 0) is 12.5 Å². The molecule has 1 fully saturated rings. The van der Waals surface area contributed by atoms with Crippen LogP contribution in [-0.4, -0.2) is 55.2 Å². The molecule has 154 valence electrons. The molecular weight excluding hydrogens is 370 g/mol. The molecule has 2 aliphatic rings. The highest BCUT2D eigenvalue weighted by atomic mass is 16.7. The number of nitrogens with zero attached hydrogens (tertiary/aromatic N) is 3. The number of benzene rings is 1. The summed E-state index contributed by atoms with van der Waals surface area (Å²) < 4.78 is 15.3. The summed E-state index contributed by atoms with van der Waals surface area (Å²) in [6.45, 7) is 5.33. The number of nitro groups is 1. The fourth-order valence-electron chi connectivity index (χ4n) is 2.35. The molecule has 1 amide bonds. The molecule has 1 aromatic carbocycles. The van der Waals surface area contributed by atoms with Gasteiger partial charge in [0.15, 0.2) is 11.5 Å². The molecule has 0 spiro atoms. The van der Waals surface area contributed by atoms with Crippen LogP contribution in [0.15, 0.2) is 17.2 Å². The Morgan fingerprint density at radius 3 is 2.61 bits per heavy atom. The molecule has 0 bridgehead atoms. The summed E-state index contributed by atoms with van der Waals surface area (Å²) >= 11 is 0. The fraction of sp³-hybridized carbons (Fsp3) is 0.529. The van der Waals surface area contributed by atoms with Crippen LogP contribution in [0.3, 0.4) is 0 Å². The van der Waals surface area contributed by atoms with Crippen molar-refractivity contribution < 1.29 is 23.9 Å². The Bertz CT molecular complexity index is 706. The number of morpholine rings is 1.